The van der Waals surface area contributed by atoms with Gasteiger partial charge in [0.05, 0.1) is 36.6 Å². The summed E-state index contributed by atoms with van der Waals surface area (Å²) in [4.78, 5) is 2.32. The van der Waals surface area contributed by atoms with Crippen molar-refractivity contribution in [1.29, 1.82) is 0 Å². The lowest BCUT2D eigenvalue weighted by Crippen LogP contribution is -2.35. The molecule has 4 rings (SSSR count). The lowest BCUT2D eigenvalue weighted by atomic mass is 10.1. The number of β-amino-alcohol motifs (C(OH)–C–C–N with tert-alkyl or cyclic N) is 1. The second-order valence-electron chi connectivity index (χ2n) is 7.15. The fourth-order valence-corrected chi connectivity index (χ4v) is 3.90. The number of hydrogen-bond donors (Lipinski definition) is 1. The van der Waals surface area contributed by atoms with E-state index in [0.717, 1.165) is 45.6 Å². The molecule has 2 unspecified atom stereocenters. The first-order chi connectivity index (χ1) is 12.3. The molecule has 2 aliphatic rings. The third-order valence-electron chi connectivity index (χ3n) is 5.26. The predicted octanol–water partition coefficient (Wildman–Crippen LogP) is 1.84. The number of aliphatic hydroxyl groups is 1. The van der Waals surface area contributed by atoms with Crippen molar-refractivity contribution in [1.82, 2.24) is 14.7 Å². The van der Waals surface area contributed by atoms with Crippen LogP contribution in [0.4, 0.5) is 0 Å². The van der Waals surface area contributed by atoms with Crippen molar-refractivity contribution in [2.75, 3.05) is 39.5 Å². The van der Waals surface area contributed by atoms with Crippen LogP contribution in [0.2, 0.25) is 0 Å². The van der Waals surface area contributed by atoms with Crippen LogP contribution in [0, 0.1) is 0 Å². The van der Waals surface area contributed by atoms with Crippen LogP contribution >= 0.6 is 0 Å². The third kappa shape index (κ3) is 4.03. The van der Waals surface area contributed by atoms with Gasteiger partial charge in [0.25, 0.3) is 0 Å². The summed E-state index contributed by atoms with van der Waals surface area (Å²) in [5.41, 5.74) is 1.19. The van der Waals surface area contributed by atoms with E-state index in [1.165, 1.54) is 10.9 Å². The Morgan fingerprint density at radius 3 is 2.96 bits per heavy atom. The standard InChI is InChI=1S/C19H27N3O3/c23-17(14-25-18-6-9-24-10-7-18)13-21-8-5-16(12-21)22-19-4-2-1-3-15(19)11-20-22/h1-4,11,16-18,23H,5-10,12-14H2. The molecule has 0 bridgehead atoms. The molecule has 136 valence electrons. The zero-order valence-corrected chi connectivity index (χ0v) is 14.6. The SMILES string of the molecule is OC(COC1CCOCC1)CN1CCC(n2ncc3ccccc32)C1. The van der Waals surface area contributed by atoms with E-state index in [2.05, 4.69) is 32.9 Å². The molecule has 6 heteroatoms. The van der Waals surface area contributed by atoms with E-state index in [9.17, 15) is 5.11 Å². The molecular formula is C19H27N3O3. The van der Waals surface area contributed by atoms with Gasteiger partial charge in [0, 0.05) is 38.2 Å². The minimum Gasteiger partial charge on any atom is -0.389 e. The zero-order chi connectivity index (χ0) is 17.1. The summed E-state index contributed by atoms with van der Waals surface area (Å²) in [5, 5.41) is 16.1. The number of aromatic nitrogens is 2. The zero-order valence-electron chi connectivity index (χ0n) is 14.6. The maximum absolute atomic E-state index is 10.3. The summed E-state index contributed by atoms with van der Waals surface area (Å²) < 4.78 is 13.3. The summed E-state index contributed by atoms with van der Waals surface area (Å²) in [6.07, 6.45) is 4.69. The summed E-state index contributed by atoms with van der Waals surface area (Å²) in [6.45, 7) is 4.54. The molecule has 6 nitrogen and oxygen atoms in total. The van der Waals surface area contributed by atoms with Crippen LogP contribution in [-0.2, 0) is 9.47 Å². The van der Waals surface area contributed by atoms with Gasteiger partial charge in [-0.05, 0) is 25.3 Å². The van der Waals surface area contributed by atoms with E-state index in [1.807, 2.05) is 12.3 Å². The Morgan fingerprint density at radius 2 is 2.08 bits per heavy atom. The number of para-hydroxylation sites is 1. The average molecular weight is 345 g/mol. The van der Waals surface area contributed by atoms with Crippen LogP contribution in [0.15, 0.2) is 30.5 Å². The van der Waals surface area contributed by atoms with Crippen LogP contribution in [0.1, 0.15) is 25.3 Å². The molecule has 0 aliphatic carbocycles. The van der Waals surface area contributed by atoms with Gasteiger partial charge in [-0.1, -0.05) is 18.2 Å². The molecule has 0 amide bonds. The molecule has 0 saturated carbocycles. The van der Waals surface area contributed by atoms with Crippen LogP contribution in [0.3, 0.4) is 0 Å². The Labute approximate surface area is 148 Å². The Bertz CT molecular complexity index is 683. The van der Waals surface area contributed by atoms with E-state index in [-0.39, 0.29) is 6.10 Å². The van der Waals surface area contributed by atoms with Gasteiger partial charge in [-0.2, -0.15) is 5.10 Å². The maximum atomic E-state index is 10.3. The number of rotatable bonds is 6. The normalized spacial score (nSPS) is 24.1. The predicted molar refractivity (Wildman–Crippen MR) is 95.6 cm³/mol. The number of ether oxygens (including phenoxy) is 2. The van der Waals surface area contributed by atoms with Gasteiger partial charge in [0.15, 0.2) is 0 Å². The molecule has 0 spiro atoms. The van der Waals surface area contributed by atoms with Gasteiger partial charge in [-0.15, -0.1) is 0 Å². The van der Waals surface area contributed by atoms with E-state index < -0.39 is 6.10 Å². The van der Waals surface area contributed by atoms with Gasteiger partial charge in [-0.25, -0.2) is 0 Å². The number of fused-ring (bicyclic) bond motifs is 1. The van der Waals surface area contributed by atoms with Crippen LogP contribution in [0.5, 0.6) is 0 Å². The highest BCUT2D eigenvalue weighted by atomic mass is 16.5. The molecule has 2 atom stereocenters. The third-order valence-corrected chi connectivity index (χ3v) is 5.26. The quantitative estimate of drug-likeness (QED) is 0.866. The number of aliphatic hydroxyl groups excluding tert-OH is 1. The highest BCUT2D eigenvalue weighted by Crippen LogP contribution is 2.25. The highest BCUT2D eigenvalue weighted by Gasteiger charge is 2.27. The molecule has 0 radical (unpaired) electrons. The Morgan fingerprint density at radius 1 is 1.24 bits per heavy atom. The van der Waals surface area contributed by atoms with Crippen LogP contribution in [-0.4, -0.2) is 71.4 Å². The fraction of sp³-hybridized carbons (Fsp3) is 0.632. The topological polar surface area (TPSA) is 59.8 Å². The summed E-state index contributed by atoms with van der Waals surface area (Å²) >= 11 is 0. The first-order valence-electron chi connectivity index (χ1n) is 9.31. The maximum Gasteiger partial charge on any atom is 0.0900 e. The van der Waals surface area contributed by atoms with Crippen molar-refractivity contribution in [2.24, 2.45) is 0 Å². The van der Waals surface area contributed by atoms with Gasteiger partial charge in [0.2, 0.25) is 0 Å². The molecule has 3 heterocycles. The van der Waals surface area contributed by atoms with Crippen molar-refractivity contribution in [3.63, 3.8) is 0 Å². The van der Waals surface area contributed by atoms with E-state index >= 15 is 0 Å². The van der Waals surface area contributed by atoms with E-state index in [0.29, 0.717) is 19.2 Å². The minimum atomic E-state index is -0.434. The molecule has 1 N–H and O–H groups in total. The molecule has 2 saturated heterocycles. The summed E-state index contributed by atoms with van der Waals surface area (Å²) in [7, 11) is 0. The first kappa shape index (κ1) is 17.0. The molecule has 25 heavy (non-hydrogen) atoms. The number of likely N-dealkylation sites (tertiary alicyclic amines) is 1. The number of nitrogens with zero attached hydrogens (tertiary/aromatic N) is 3. The molecule has 2 aromatic rings. The first-order valence-corrected chi connectivity index (χ1v) is 9.31. The second-order valence-corrected chi connectivity index (χ2v) is 7.15. The van der Waals surface area contributed by atoms with Gasteiger partial charge < -0.3 is 14.6 Å². The minimum absolute atomic E-state index is 0.241. The summed E-state index contributed by atoms with van der Waals surface area (Å²) in [5.74, 6) is 0. The lowest BCUT2D eigenvalue weighted by molar-refractivity contribution is -0.0633. The second kappa shape index (κ2) is 7.83. The Kier molecular flexibility index (Phi) is 5.31. The van der Waals surface area contributed by atoms with Crippen molar-refractivity contribution in [3.8, 4) is 0 Å². The van der Waals surface area contributed by atoms with Crippen LogP contribution in [0.25, 0.3) is 10.9 Å². The van der Waals surface area contributed by atoms with Crippen molar-refractivity contribution < 1.29 is 14.6 Å². The van der Waals surface area contributed by atoms with Gasteiger partial charge in [-0.3, -0.25) is 9.58 Å². The molecular weight excluding hydrogens is 318 g/mol. The average Bonchev–Trinajstić information content (AvgIpc) is 3.27. The number of benzene rings is 1. The largest absolute Gasteiger partial charge is 0.389 e. The van der Waals surface area contributed by atoms with Crippen molar-refractivity contribution in [2.45, 2.75) is 37.5 Å². The van der Waals surface area contributed by atoms with Gasteiger partial charge in [0.1, 0.15) is 0 Å². The van der Waals surface area contributed by atoms with E-state index in [1.54, 1.807) is 0 Å². The highest BCUT2D eigenvalue weighted by molar-refractivity contribution is 5.78. The molecule has 2 aliphatic heterocycles. The monoisotopic (exact) mass is 345 g/mol. The van der Waals surface area contributed by atoms with Crippen LogP contribution < -0.4 is 0 Å². The Balaban J connectivity index is 1.27. The Hall–Kier alpha value is -1.47. The summed E-state index contributed by atoms with van der Waals surface area (Å²) in [6, 6.07) is 8.71. The smallest absolute Gasteiger partial charge is 0.0900 e. The number of hydrogen-bond acceptors (Lipinski definition) is 5. The lowest BCUT2D eigenvalue weighted by Gasteiger charge is -2.25. The molecule has 1 aromatic carbocycles. The van der Waals surface area contributed by atoms with Gasteiger partial charge >= 0.3 is 0 Å². The molecule has 1 aromatic heterocycles. The van der Waals surface area contributed by atoms with Crippen molar-refractivity contribution in [3.05, 3.63) is 30.5 Å². The van der Waals surface area contributed by atoms with Crippen molar-refractivity contribution >= 4 is 10.9 Å². The molecule has 2 fully saturated rings. The van der Waals surface area contributed by atoms with E-state index in [4.69, 9.17) is 9.47 Å². The fourth-order valence-electron chi connectivity index (χ4n) is 3.90.